The molecule has 0 aliphatic rings. The zero-order valence-electron chi connectivity index (χ0n) is 12.6. The number of carbonyl (C=O) groups excluding carboxylic acids is 2. The second kappa shape index (κ2) is 7.67. The second-order valence-electron chi connectivity index (χ2n) is 5.10. The third-order valence-corrected chi connectivity index (χ3v) is 3.05. The van der Waals surface area contributed by atoms with E-state index < -0.39 is 0 Å². The number of hydrogen-bond acceptors (Lipinski definition) is 4. The second-order valence-corrected chi connectivity index (χ2v) is 5.10. The van der Waals surface area contributed by atoms with E-state index in [1.807, 2.05) is 27.7 Å². The summed E-state index contributed by atoms with van der Waals surface area (Å²) in [7, 11) is 0. The van der Waals surface area contributed by atoms with Gasteiger partial charge in [-0.05, 0) is 20.3 Å². The minimum absolute atomic E-state index is 0.00466. The van der Waals surface area contributed by atoms with Crippen LogP contribution in [0.1, 0.15) is 37.3 Å². The number of hydrogen-bond donors (Lipinski definition) is 2. The lowest BCUT2D eigenvalue weighted by Gasteiger charge is -2.08. The Kier molecular flexibility index (Phi) is 6.21. The highest BCUT2D eigenvalue weighted by Crippen LogP contribution is 2.13. The van der Waals surface area contributed by atoms with E-state index in [9.17, 15) is 9.59 Å². The van der Waals surface area contributed by atoms with Crippen LogP contribution in [0.3, 0.4) is 0 Å². The summed E-state index contributed by atoms with van der Waals surface area (Å²) >= 11 is 0. The van der Waals surface area contributed by atoms with Crippen LogP contribution >= 0.6 is 0 Å². The normalized spacial score (nSPS) is 10.7. The summed E-state index contributed by atoms with van der Waals surface area (Å²) in [6, 6.07) is 0. The molecular formula is C14H23N3O3. The molecule has 2 amide bonds. The highest BCUT2D eigenvalue weighted by molar-refractivity contribution is 5.78. The molecule has 112 valence electrons. The highest BCUT2D eigenvalue weighted by Gasteiger charge is 2.11. The van der Waals surface area contributed by atoms with Crippen LogP contribution in [0.15, 0.2) is 4.52 Å². The Bertz CT molecular complexity index is 447. The summed E-state index contributed by atoms with van der Waals surface area (Å²) in [6.07, 6.45) is 1.01. The van der Waals surface area contributed by atoms with Crippen molar-refractivity contribution in [3.05, 3.63) is 17.0 Å². The van der Waals surface area contributed by atoms with E-state index in [1.54, 1.807) is 0 Å². The van der Waals surface area contributed by atoms with Crippen molar-refractivity contribution >= 4 is 11.8 Å². The minimum Gasteiger partial charge on any atom is -0.361 e. The van der Waals surface area contributed by atoms with Gasteiger partial charge in [0.25, 0.3) is 0 Å². The maximum Gasteiger partial charge on any atom is 0.222 e. The van der Waals surface area contributed by atoms with Gasteiger partial charge in [-0.25, -0.2) is 0 Å². The first-order valence-electron chi connectivity index (χ1n) is 6.88. The molecule has 1 aromatic rings. The quantitative estimate of drug-likeness (QED) is 0.733. The van der Waals surface area contributed by atoms with Gasteiger partial charge in [0.15, 0.2) is 0 Å². The van der Waals surface area contributed by atoms with Crippen LogP contribution in [-0.2, 0) is 16.0 Å². The van der Waals surface area contributed by atoms with E-state index >= 15 is 0 Å². The Labute approximate surface area is 119 Å². The molecule has 0 aliphatic carbocycles. The van der Waals surface area contributed by atoms with E-state index in [0.717, 1.165) is 17.0 Å². The number of nitrogens with zero attached hydrogens (tertiary/aromatic N) is 1. The highest BCUT2D eigenvalue weighted by atomic mass is 16.5. The molecule has 0 spiro atoms. The molecule has 0 atom stereocenters. The van der Waals surface area contributed by atoms with Crippen molar-refractivity contribution in [2.75, 3.05) is 13.1 Å². The third-order valence-electron chi connectivity index (χ3n) is 3.05. The monoisotopic (exact) mass is 281 g/mol. The maximum atomic E-state index is 11.7. The molecule has 0 saturated heterocycles. The molecule has 0 aromatic carbocycles. The Morgan fingerprint density at radius 2 is 1.85 bits per heavy atom. The van der Waals surface area contributed by atoms with Gasteiger partial charge in [-0.3, -0.25) is 9.59 Å². The van der Waals surface area contributed by atoms with Gasteiger partial charge in [0, 0.05) is 31.0 Å². The summed E-state index contributed by atoms with van der Waals surface area (Å²) in [5, 5.41) is 9.37. The molecule has 20 heavy (non-hydrogen) atoms. The van der Waals surface area contributed by atoms with Crippen LogP contribution in [-0.4, -0.2) is 30.1 Å². The molecule has 6 heteroatoms. The van der Waals surface area contributed by atoms with Crippen molar-refractivity contribution in [3.8, 4) is 0 Å². The van der Waals surface area contributed by atoms with Crippen molar-refractivity contribution in [2.45, 2.75) is 40.5 Å². The van der Waals surface area contributed by atoms with Gasteiger partial charge in [-0.15, -0.1) is 0 Å². The molecule has 1 aromatic heterocycles. The lowest BCUT2D eigenvalue weighted by Crippen LogP contribution is -2.36. The van der Waals surface area contributed by atoms with Crippen LogP contribution in [0.5, 0.6) is 0 Å². The topological polar surface area (TPSA) is 84.2 Å². The molecule has 1 heterocycles. The zero-order valence-corrected chi connectivity index (χ0v) is 12.6. The van der Waals surface area contributed by atoms with Crippen LogP contribution < -0.4 is 10.6 Å². The molecule has 6 nitrogen and oxygen atoms in total. The SMILES string of the molecule is Cc1noc(C)c1CCC(=O)NCCNC(=O)C(C)C. The first kappa shape index (κ1) is 16.2. The van der Waals surface area contributed by atoms with Crippen LogP contribution in [0.25, 0.3) is 0 Å². The smallest absolute Gasteiger partial charge is 0.222 e. The molecule has 1 rings (SSSR count). The Hall–Kier alpha value is -1.85. The van der Waals surface area contributed by atoms with Crippen LogP contribution in [0.2, 0.25) is 0 Å². The van der Waals surface area contributed by atoms with Crippen molar-refractivity contribution in [1.29, 1.82) is 0 Å². The maximum absolute atomic E-state index is 11.7. The fourth-order valence-electron chi connectivity index (χ4n) is 1.78. The van der Waals surface area contributed by atoms with Crippen LogP contribution in [0.4, 0.5) is 0 Å². The number of aromatic nitrogens is 1. The molecule has 0 saturated carbocycles. The Balaban J connectivity index is 2.20. The van der Waals surface area contributed by atoms with Crippen molar-refractivity contribution in [3.63, 3.8) is 0 Å². The Morgan fingerprint density at radius 3 is 2.40 bits per heavy atom. The summed E-state index contributed by atoms with van der Waals surface area (Å²) in [4.78, 5) is 23.0. The summed E-state index contributed by atoms with van der Waals surface area (Å²) in [6.45, 7) is 8.27. The average Bonchev–Trinajstić information content (AvgIpc) is 2.71. The Morgan fingerprint density at radius 1 is 1.20 bits per heavy atom. The van der Waals surface area contributed by atoms with Gasteiger partial charge >= 0.3 is 0 Å². The molecular weight excluding hydrogens is 258 g/mol. The lowest BCUT2D eigenvalue weighted by molar-refractivity contribution is -0.124. The van der Waals surface area contributed by atoms with E-state index in [1.165, 1.54) is 0 Å². The summed E-state index contributed by atoms with van der Waals surface area (Å²) in [5.41, 5.74) is 1.83. The number of aryl methyl sites for hydroxylation is 2. The van der Waals surface area contributed by atoms with E-state index in [2.05, 4.69) is 15.8 Å². The van der Waals surface area contributed by atoms with Crippen molar-refractivity contribution < 1.29 is 14.1 Å². The van der Waals surface area contributed by atoms with Gasteiger partial charge in [0.2, 0.25) is 11.8 Å². The lowest BCUT2D eigenvalue weighted by atomic mass is 10.1. The number of carbonyl (C=O) groups is 2. The van der Waals surface area contributed by atoms with Crippen molar-refractivity contribution in [1.82, 2.24) is 15.8 Å². The third kappa shape index (κ3) is 5.03. The molecule has 2 N–H and O–H groups in total. The molecule has 0 aliphatic heterocycles. The van der Waals surface area contributed by atoms with E-state index in [0.29, 0.717) is 25.9 Å². The van der Waals surface area contributed by atoms with Gasteiger partial charge in [0.1, 0.15) is 5.76 Å². The molecule has 0 unspecified atom stereocenters. The van der Waals surface area contributed by atoms with Crippen molar-refractivity contribution in [2.24, 2.45) is 5.92 Å². The fraction of sp³-hybridized carbons (Fsp3) is 0.643. The fourth-order valence-corrected chi connectivity index (χ4v) is 1.78. The van der Waals surface area contributed by atoms with E-state index in [-0.39, 0.29) is 17.7 Å². The summed E-state index contributed by atoms with van der Waals surface area (Å²) < 4.78 is 5.05. The van der Waals surface area contributed by atoms with Gasteiger partial charge in [0.05, 0.1) is 5.69 Å². The predicted molar refractivity (Wildman–Crippen MR) is 75.2 cm³/mol. The first-order valence-corrected chi connectivity index (χ1v) is 6.88. The van der Waals surface area contributed by atoms with Gasteiger partial charge in [-0.1, -0.05) is 19.0 Å². The van der Waals surface area contributed by atoms with Gasteiger partial charge < -0.3 is 15.2 Å². The average molecular weight is 281 g/mol. The number of nitrogens with one attached hydrogen (secondary N) is 2. The minimum atomic E-state index is -0.0382. The molecule has 0 radical (unpaired) electrons. The number of rotatable bonds is 7. The number of amides is 2. The van der Waals surface area contributed by atoms with Crippen LogP contribution in [0, 0.1) is 19.8 Å². The summed E-state index contributed by atoms with van der Waals surface area (Å²) in [5.74, 6) is 0.684. The first-order chi connectivity index (χ1) is 9.41. The van der Waals surface area contributed by atoms with E-state index in [4.69, 9.17) is 4.52 Å². The largest absolute Gasteiger partial charge is 0.361 e. The standard InChI is InChI=1S/C14H23N3O3/c1-9(2)14(19)16-8-7-15-13(18)6-5-12-10(3)17-20-11(12)4/h9H,5-8H2,1-4H3,(H,15,18)(H,16,19). The zero-order chi connectivity index (χ0) is 15.1. The predicted octanol–water partition coefficient (Wildman–Crippen LogP) is 1.11. The van der Waals surface area contributed by atoms with Gasteiger partial charge in [-0.2, -0.15) is 0 Å². The molecule has 0 fully saturated rings. The molecule has 0 bridgehead atoms.